The summed E-state index contributed by atoms with van der Waals surface area (Å²) in [5, 5.41) is 1.67. The average Bonchev–Trinajstić information content (AvgIpc) is 3.21. The molecule has 4 nitrogen and oxygen atoms in total. The molecule has 4 saturated heterocycles. The Bertz CT molecular complexity index is 830. The Morgan fingerprint density at radius 3 is 2.72 bits per heavy atom. The van der Waals surface area contributed by atoms with Gasteiger partial charge in [-0.1, -0.05) is 23.7 Å². The summed E-state index contributed by atoms with van der Waals surface area (Å²) >= 11 is 7.72. The molecule has 6 rings (SSSR count). The molecule has 2 aromatic rings. The molecule has 1 unspecified atom stereocenters. The number of anilines is 1. The number of carbonyl (C=O) groups excluding carboxylic acids is 1. The summed E-state index contributed by atoms with van der Waals surface area (Å²) in [6.45, 7) is 3.83. The number of benzene rings is 1. The predicted octanol–water partition coefficient (Wildman–Crippen LogP) is 4.49. The number of hydrogen-bond donors (Lipinski definition) is 0. The van der Waals surface area contributed by atoms with Gasteiger partial charge in [-0.3, -0.25) is 9.80 Å². The Hall–Kier alpha value is -1.56. The SMILES string of the molecule is O=C1OC2(CN3CCC2CC3)CN1c1ccc(-c2cccc(Cl)c2)s1. The van der Waals surface area contributed by atoms with Crippen LogP contribution in [0, 0.1) is 5.92 Å². The summed E-state index contributed by atoms with van der Waals surface area (Å²) in [7, 11) is 0. The molecule has 0 radical (unpaired) electrons. The molecule has 1 aromatic carbocycles. The van der Waals surface area contributed by atoms with Gasteiger partial charge in [0.2, 0.25) is 0 Å². The first-order valence-electron chi connectivity index (χ1n) is 8.72. The Kier molecular flexibility index (Phi) is 3.59. The predicted molar refractivity (Wildman–Crippen MR) is 100 cm³/mol. The Labute approximate surface area is 155 Å². The number of carbonyl (C=O) groups is 1. The maximum absolute atomic E-state index is 12.6. The smallest absolute Gasteiger partial charge is 0.415 e. The van der Waals surface area contributed by atoms with E-state index >= 15 is 0 Å². The normalized spacial score (nSPS) is 30.9. The molecule has 5 heterocycles. The molecule has 6 heteroatoms. The summed E-state index contributed by atoms with van der Waals surface area (Å²) in [5.74, 6) is 0.499. The first-order valence-corrected chi connectivity index (χ1v) is 9.91. The molecule has 1 spiro atoms. The van der Waals surface area contributed by atoms with Gasteiger partial charge in [0.1, 0.15) is 10.6 Å². The second kappa shape index (κ2) is 5.73. The zero-order chi connectivity index (χ0) is 17.0. The highest BCUT2D eigenvalue weighted by molar-refractivity contribution is 7.19. The Balaban J connectivity index is 1.42. The molecule has 4 fully saturated rings. The van der Waals surface area contributed by atoms with E-state index in [9.17, 15) is 4.79 Å². The van der Waals surface area contributed by atoms with Crippen LogP contribution in [0.5, 0.6) is 0 Å². The number of rotatable bonds is 2. The second-order valence-electron chi connectivity index (χ2n) is 7.22. The number of hydrogen-bond acceptors (Lipinski definition) is 4. The molecule has 25 heavy (non-hydrogen) atoms. The highest BCUT2D eigenvalue weighted by atomic mass is 35.5. The van der Waals surface area contributed by atoms with Crippen LogP contribution in [0.1, 0.15) is 12.8 Å². The largest absolute Gasteiger partial charge is 0.439 e. The van der Waals surface area contributed by atoms with E-state index in [1.807, 2.05) is 35.2 Å². The van der Waals surface area contributed by atoms with E-state index < -0.39 is 0 Å². The molecule has 1 aromatic heterocycles. The van der Waals surface area contributed by atoms with Gasteiger partial charge in [-0.25, -0.2) is 4.79 Å². The van der Waals surface area contributed by atoms with Gasteiger partial charge in [0.15, 0.2) is 0 Å². The lowest BCUT2D eigenvalue weighted by Crippen LogP contribution is -2.61. The molecule has 130 valence electrons. The third-order valence-electron chi connectivity index (χ3n) is 5.73. The van der Waals surface area contributed by atoms with Crippen molar-refractivity contribution in [2.24, 2.45) is 5.92 Å². The number of ether oxygens (including phenoxy) is 1. The van der Waals surface area contributed by atoms with Crippen LogP contribution in [0.15, 0.2) is 36.4 Å². The maximum atomic E-state index is 12.6. The van der Waals surface area contributed by atoms with Crippen molar-refractivity contribution in [2.45, 2.75) is 18.4 Å². The molecule has 0 aliphatic carbocycles. The zero-order valence-corrected chi connectivity index (χ0v) is 15.4. The van der Waals surface area contributed by atoms with Crippen molar-refractivity contribution >= 4 is 34.0 Å². The van der Waals surface area contributed by atoms with Gasteiger partial charge < -0.3 is 4.74 Å². The van der Waals surface area contributed by atoms with Gasteiger partial charge in [0, 0.05) is 22.4 Å². The second-order valence-corrected chi connectivity index (χ2v) is 8.72. The van der Waals surface area contributed by atoms with Crippen molar-refractivity contribution in [1.82, 2.24) is 4.90 Å². The zero-order valence-electron chi connectivity index (χ0n) is 13.8. The summed E-state index contributed by atoms with van der Waals surface area (Å²) in [6.07, 6.45) is 2.08. The number of amides is 1. The fourth-order valence-corrected chi connectivity index (χ4v) is 5.63. The highest BCUT2D eigenvalue weighted by Gasteiger charge is 2.55. The third kappa shape index (κ3) is 2.57. The number of nitrogens with zero attached hydrogens (tertiary/aromatic N) is 2. The van der Waals surface area contributed by atoms with E-state index in [-0.39, 0.29) is 11.7 Å². The van der Waals surface area contributed by atoms with Crippen molar-refractivity contribution < 1.29 is 9.53 Å². The minimum Gasteiger partial charge on any atom is -0.439 e. The summed E-state index contributed by atoms with van der Waals surface area (Å²) in [4.78, 5) is 18.0. The summed E-state index contributed by atoms with van der Waals surface area (Å²) in [5.41, 5.74) is 0.766. The van der Waals surface area contributed by atoms with Gasteiger partial charge >= 0.3 is 6.09 Å². The number of fused-ring (bicyclic) bond motifs is 2. The van der Waals surface area contributed by atoms with Gasteiger partial charge in [-0.2, -0.15) is 0 Å². The molecular formula is C19H19ClN2O2S. The monoisotopic (exact) mass is 374 g/mol. The topological polar surface area (TPSA) is 32.8 Å². The van der Waals surface area contributed by atoms with Gasteiger partial charge in [-0.05, 0) is 55.8 Å². The Morgan fingerprint density at radius 2 is 2.00 bits per heavy atom. The standard InChI is InChI=1S/C19H19ClN2O2S/c20-15-3-1-2-13(10-15)16-4-5-17(25-16)22-12-19(24-18(22)23)11-21-8-6-14(19)7-9-21/h1-5,10,14H,6-9,11-12H2. The highest BCUT2D eigenvalue weighted by Crippen LogP contribution is 2.45. The molecule has 1 amide bonds. The lowest BCUT2D eigenvalue weighted by atomic mass is 9.75. The minimum atomic E-state index is -0.312. The molecule has 1 atom stereocenters. The van der Waals surface area contributed by atoms with E-state index in [4.69, 9.17) is 16.3 Å². The van der Waals surface area contributed by atoms with Crippen molar-refractivity contribution in [1.29, 1.82) is 0 Å². The Morgan fingerprint density at radius 1 is 1.16 bits per heavy atom. The van der Waals surface area contributed by atoms with E-state index in [1.54, 1.807) is 11.3 Å². The van der Waals surface area contributed by atoms with Crippen LogP contribution in [0.4, 0.5) is 9.80 Å². The molecule has 2 bridgehead atoms. The van der Waals surface area contributed by atoms with Crippen molar-refractivity contribution in [2.75, 3.05) is 31.1 Å². The lowest BCUT2D eigenvalue weighted by molar-refractivity contribution is -0.0881. The minimum absolute atomic E-state index is 0.201. The molecule has 4 aliphatic heterocycles. The molecule has 0 N–H and O–H groups in total. The molecule has 0 saturated carbocycles. The van der Waals surface area contributed by atoms with E-state index in [0.29, 0.717) is 12.5 Å². The van der Waals surface area contributed by atoms with Crippen LogP contribution in [-0.4, -0.2) is 42.8 Å². The van der Waals surface area contributed by atoms with Gasteiger partial charge in [0.05, 0.1) is 6.54 Å². The van der Waals surface area contributed by atoms with E-state index in [1.165, 1.54) is 0 Å². The molecular weight excluding hydrogens is 356 g/mol. The van der Waals surface area contributed by atoms with Gasteiger partial charge in [-0.15, -0.1) is 11.3 Å². The lowest BCUT2D eigenvalue weighted by Gasteiger charge is -2.49. The molecule has 4 aliphatic rings. The maximum Gasteiger partial charge on any atom is 0.415 e. The van der Waals surface area contributed by atoms with E-state index in [2.05, 4.69) is 11.0 Å². The average molecular weight is 375 g/mol. The van der Waals surface area contributed by atoms with Crippen LogP contribution in [0.25, 0.3) is 10.4 Å². The third-order valence-corrected chi connectivity index (χ3v) is 7.12. The number of thiophene rings is 1. The van der Waals surface area contributed by atoms with Gasteiger partial charge in [0.25, 0.3) is 0 Å². The van der Waals surface area contributed by atoms with Crippen molar-refractivity contribution in [3.05, 3.63) is 41.4 Å². The van der Waals surface area contributed by atoms with E-state index in [0.717, 1.165) is 52.9 Å². The van der Waals surface area contributed by atoms with Crippen molar-refractivity contribution in [3.63, 3.8) is 0 Å². The van der Waals surface area contributed by atoms with Crippen molar-refractivity contribution in [3.8, 4) is 10.4 Å². The summed E-state index contributed by atoms with van der Waals surface area (Å²) in [6, 6.07) is 11.9. The fraction of sp³-hybridized carbons (Fsp3) is 0.421. The first kappa shape index (κ1) is 15.7. The summed E-state index contributed by atoms with van der Waals surface area (Å²) < 4.78 is 5.96. The first-order chi connectivity index (χ1) is 12.1. The van der Waals surface area contributed by atoms with Crippen LogP contribution in [0.3, 0.4) is 0 Å². The van der Waals surface area contributed by atoms with Crippen LogP contribution in [0.2, 0.25) is 5.02 Å². The van der Waals surface area contributed by atoms with Crippen LogP contribution in [-0.2, 0) is 4.74 Å². The number of halogens is 1. The van der Waals surface area contributed by atoms with Crippen LogP contribution < -0.4 is 4.90 Å². The fourth-order valence-electron chi connectivity index (χ4n) is 4.45. The quantitative estimate of drug-likeness (QED) is 0.776. The van der Waals surface area contributed by atoms with Crippen LogP contribution >= 0.6 is 22.9 Å². The number of piperidine rings is 3.